The van der Waals surface area contributed by atoms with Gasteiger partial charge in [0, 0.05) is 32.1 Å². The maximum absolute atomic E-state index is 11.7. The summed E-state index contributed by atoms with van der Waals surface area (Å²) in [5, 5.41) is 17.5. The van der Waals surface area contributed by atoms with E-state index in [0.29, 0.717) is 58.5 Å². The number of rotatable bonds is 48. The minimum atomic E-state index is -0.675. The smallest absolute Gasteiger partial charge is 0.305 e. The molecule has 0 spiro atoms. The molecule has 0 unspecified atom stereocenters. The third-order valence-electron chi connectivity index (χ3n) is 11.8. The summed E-state index contributed by atoms with van der Waals surface area (Å²) >= 11 is 0. The SMILES string of the molecule is CCCCC(O)CCCC.CCCCCCC(=O)O.CCCCCCCCOC(=O)CCCCCCCC(=O)OCCCCCCCC.CCCCOC(=O)CCCCCCCCC(=O)OCCCC. The van der Waals surface area contributed by atoms with Crippen molar-refractivity contribution in [3.63, 3.8) is 0 Å². The zero-order valence-corrected chi connectivity index (χ0v) is 47.2. The van der Waals surface area contributed by atoms with Gasteiger partial charge in [0.15, 0.2) is 0 Å². The molecule has 0 atom stereocenters. The molecule has 0 heterocycles. The lowest BCUT2D eigenvalue weighted by molar-refractivity contribution is -0.144. The van der Waals surface area contributed by atoms with Crippen molar-refractivity contribution in [2.24, 2.45) is 0 Å². The van der Waals surface area contributed by atoms with Gasteiger partial charge in [-0.1, -0.05) is 215 Å². The zero-order valence-electron chi connectivity index (χ0n) is 47.2. The van der Waals surface area contributed by atoms with E-state index in [0.717, 1.165) is 154 Å². The van der Waals surface area contributed by atoms with Gasteiger partial charge in [-0.3, -0.25) is 24.0 Å². The molecule has 0 aliphatic rings. The number of carbonyl (C=O) groups excluding carboxylic acids is 4. The van der Waals surface area contributed by atoms with Crippen LogP contribution in [0.5, 0.6) is 0 Å². The lowest BCUT2D eigenvalue weighted by atomic mass is 10.1. The summed E-state index contributed by atoms with van der Waals surface area (Å²) < 4.78 is 20.8. The number of aliphatic carboxylic acids is 1. The third-order valence-corrected chi connectivity index (χ3v) is 11.8. The van der Waals surface area contributed by atoms with Gasteiger partial charge in [0.05, 0.1) is 32.5 Å². The Bertz CT molecular complexity index is 1010. The highest BCUT2D eigenvalue weighted by Gasteiger charge is 2.07. The summed E-state index contributed by atoms with van der Waals surface area (Å²) in [5.41, 5.74) is 0. The van der Waals surface area contributed by atoms with Crippen LogP contribution in [0.2, 0.25) is 0 Å². The van der Waals surface area contributed by atoms with Gasteiger partial charge in [-0.05, 0) is 70.6 Å². The van der Waals surface area contributed by atoms with Gasteiger partial charge < -0.3 is 29.2 Å². The topological polar surface area (TPSA) is 163 Å². The quantitative estimate of drug-likeness (QED) is 0.0339. The van der Waals surface area contributed by atoms with Crippen molar-refractivity contribution in [2.75, 3.05) is 26.4 Å². The molecule has 11 heteroatoms. The van der Waals surface area contributed by atoms with Crippen molar-refractivity contribution >= 4 is 29.8 Å². The number of carbonyl (C=O) groups is 5. The van der Waals surface area contributed by atoms with Crippen LogP contribution >= 0.6 is 0 Å². The number of hydrogen-bond acceptors (Lipinski definition) is 10. The van der Waals surface area contributed by atoms with Gasteiger partial charge in [0.25, 0.3) is 0 Å². The fourth-order valence-electron chi connectivity index (χ4n) is 7.13. The van der Waals surface area contributed by atoms with Gasteiger partial charge in [0.1, 0.15) is 0 Å². The highest BCUT2D eigenvalue weighted by molar-refractivity contribution is 5.70. The van der Waals surface area contributed by atoms with E-state index in [1.54, 1.807) is 0 Å². The number of aliphatic hydroxyl groups is 1. The van der Waals surface area contributed by atoms with Gasteiger partial charge in [-0.15, -0.1) is 0 Å². The van der Waals surface area contributed by atoms with Crippen LogP contribution in [-0.2, 0) is 42.9 Å². The molecule has 0 aliphatic carbocycles. The number of esters is 4. The van der Waals surface area contributed by atoms with Gasteiger partial charge in [-0.2, -0.15) is 0 Å². The molecular weight excluding hydrogens is 885 g/mol. The van der Waals surface area contributed by atoms with E-state index < -0.39 is 5.97 Å². The summed E-state index contributed by atoms with van der Waals surface area (Å²) in [6, 6.07) is 0. The second-order valence-corrected chi connectivity index (χ2v) is 19.2. The molecule has 0 aromatic rings. The third kappa shape index (κ3) is 74.3. The predicted molar refractivity (Wildman–Crippen MR) is 291 cm³/mol. The Labute approximate surface area is 432 Å². The van der Waals surface area contributed by atoms with Crippen molar-refractivity contribution < 1.29 is 53.1 Å². The Kier molecular flexibility index (Phi) is 69.9. The van der Waals surface area contributed by atoms with Gasteiger partial charge in [-0.25, -0.2) is 0 Å². The number of ether oxygens (including phenoxy) is 4. The van der Waals surface area contributed by atoms with E-state index in [9.17, 15) is 29.1 Å². The lowest BCUT2D eigenvalue weighted by Gasteiger charge is -2.07. The van der Waals surface area contributed by atoms with Gasteiger partial charge >= 0.3 is 29.8 Å². The zero-order chi connectivity index (χ0) is 52.8. The Morgan fingerprint density at radius 1 is 0.286 bits per heavy atom. The first kappa shape index (κ1) is 73.8. The molecule has 0 radical (unpaired) electrons. The Morgan fingerprint density at radius 2 is 0.500 bits per heavy atom. The van der Waals surface area contributed by atoms with E-state index in [-0.39, 0.29) is 30.0 Å². The first-order valence-electron chi connectivity index (χ1n) is 29.5. The van der Waals surface area contributed by atoms with E-state index in [4.69, 9.17) is 24.1 Å². The normalized spacial score (nSPS) is 10.5. The number of carboxylic acid groups (broad SMARTS) is 1. The minimum absolute atomic E-state index is 0.0279. The van der Waals surface area contributed by atoms with Crippen molar-refractivity contribution in [3.8, 4) is 0 Å². The first-order chi connectivity index (χ1) is 34.0. The Morgan fingerprint density at radius 3 is 0.771 bits per heavy atom. The van der Waals surface area contributed by atoms with Crippen LogP contribution in [0.4, 0.5) is 0 Å². The van der Waals surface area contributed by atoms with E-state index >= 15 is 0 Å². The second-order valence-electron chi connectivity index (χ2n) is 19.2. The van der Waals surface area contributed by atoms with Crippen LogP contribution < -0.4 is 0 Å². The average molecular weight is 1000 g/mol. The molecular formula is C59H116O11. The Hall–Kier alpha value is -2.69. The van der Waals surface area contributed by atoms with E-state index in [1.165, 1.54) is 83.5 Å². The molecule has 0 fully saturated rings. The Balaban J connectivity index is -0.000000463. The summed E-state index contributed by atoms with van der Waals surface area (Å²) in [7, 11) is 0. The van der Waals surface area contributed by atoms with Crippen molar-refractivity contribution in [3.05, 3.63) is 0 Å². The number of unbranched alkanes of at least 4 members (excludes halogenated alkanes) is 26. The molecule has 0 aromatic heterocycles. The van der Waals surface area contributed by atoms with Crippen LogP contribution in [0.3, 0.4) is 0 Å². The van der Waals surface area contributed by atoms with Crippen LogP contribution in [0.1, 0.15) is 318 Å². The van der Waals surface area contributed by atoms with E-state index in [1.807, 2.05) is 0 Å². The lowest BCUT2D eigenvalue weighted by Crippen LogP contribution is -2.06. The summed E-state index contributed by atoms with van der Waals surface area (Å²) in [4.78, 5) is 56.0. The summed E-state index contributed by atoms with van der Waals surface area (Å²) in [6.45, 7) is 17.3. The molecule has 0 aliphatic heterocycles. The predicted octanol–water partition coefficient (Wildman–Crippen LogP) is 17.1. The molecule has 0 aromatic carbocycles. The maximum Gasteiger partial charge on any atom is 0.305 e. The van der Waals surface area contributed by atoms with Crippen LogP contribution in [-0.4, -0.2) is 72.6 Å². The highest BCUT2D eigenvalue weighted by atomic mass is 16.5. The molecule has 0 bridgehead atoms. The highest BCUT2D eigenvalue weighted by Crippen LogP contribution is 2.13. The summed E-state index contributed by atoms with van der Waals surface area (Å²) in [6.07, 6.45) is 43.0. The van der Waals surface area contributed by atoms with E-state index in [2.05, 4.69) is 48.5 Å². The van der Waals surface area contributed by atoms with Crippen molar-refractivity contribution in [2.45, 2.75) is 324 Å². The standard InChI is InChI=1S/C25H48O4.C18H34O4.C9H20O.C7H14O2/c1-3-5-7-9-14-18-22-28-24(26)20-16-12-11-13-17-21-25(27)29-23-19-15-10-8-6-4-2;1-3-5-15-21-17(19)13-11-9-7-8-10-12-14-18(20)22-16-6-4-2;1-3-5-7-9(10)8-6-4-2;1-2-3-4-5-6-7(8)9/h3-23H2,1-2H3;3-16H2,1-2H3;9-10H,3-8H2,1-2H3;2-6H2,1H3,(H,8,9). The van der Waals surface area contributed by atoms with Gasteiger partial charge in [0.2, 0.25) is 0 Å². The molecule has 70 heavy (non-hydrogen) atoms. The van der Waals surface area contributed by atoms with Crippen LogP contribution in [0.15, 0.2) is 0 Å². The molecule has 0 rings (SSSR count). The largest absolute Gasteiger partial charge is 0.481 e. The number of hydrogen-bond donors (Lipinski definition) is 2. The molecule has 418 valence electrons. The fourth-order valence-corrected chi connectivity index (χ4v) is 7.13. The average Bonchev–Trinajstić information content (AvgIpc) is 3.34. The summed E-state index contributed by atoms with van der Waals surface area (Å²) in [5.74, 6) is -0.925. The monoisotopic (exact) mass is 1000 g/mol. The van der Waals surface area contributed by atoms with Crippen LogP contribution in [0.25, 0.3) is 0 Å². The second kappa shape index (κ2) is 66.3. The van der Waals surface area contributed by atoms with Crippen molar-refractivity contribution in [1.29, 1.82) is 0 Å². The fraction of sp³-hybridized carbons (Fsp3) is 0.915. The van der Waals surface area contributed by atoms with Crippen molar-refractivity contribution in [1.82, 2.24) is 0 Å². The maximum atomic E-state index is 11.7. The first-order valence-corrected chi connectivity index (χ1v) is 29.5. The molecule has 2 N–H and O–H groups in total. The molecule has 11 nitrogen and oxygen atoms in total. The molecule has 0 amide bonds. The number of aliphatic hydroxyl groups excluding tert-OH is 1. The number of carboxylic acids is 1. The molecule has 0 saturated heterocycles. The minimum Gasteiger partial charge on any atom is -0.481 e. The van der Waals surface area contributed by atoms with Crippen LogP contribution in [0, 0.1) is 0 Å². The molecule has 0 saturated carbocycles.